The zero-order valence-corrected chi connectivity index (χ0v) is 14.3. The molecule has 1 aliphatic carbocycles. The number of halogens is 2. The van der Waals surface area contributed by atoms with Gasteiger partial charge >= 0.3 is 0 Å². The summed E-state index contributed by atoms with van der Waals surface area (Å²) in [5.74, 6) is 0.495. The van der Waals surface area contributed by atoms with E-state index >= 15 is 0 Å². The number of likely N-dealkylation sites (tertiary alicyclic amines) is 1. The Balaban J connectivity index is 0.00000180. The molecule has 0 aromatic carbocycles. The lowest BCUT2D eigenvalue weighted by molar-refractivity contribution is -0.123. The molecule has 1 saturated carbocycles. The van der Waals surface area contributed by atoms with Gasteiger partial charge < -0.3 is 11.1 Å². The van der Waals surface area contributed by atoms with Crippen LogP contribution in [0.1, 0.15) is 46.5 Å². The van der Waals surface area contributed by atoms with Crippen LogP contribution in [0.4, 0.5) is 0 Å². The Bertz CT molecular complexity index is 311. The molecule has 0 aromatic heterocycles. The maximum atomic E-state index is 12.0. The van der Waals surface area contributed by atoms with Crippen LogP contribution in [0.5, 0.6) is 0 Å². The molecule has 120 valence electrons. The van der Waals surface area contributed by atoms with Crippen molar-refractivity contribution in [1.29, 1.82) is 0 Å². The average Bonchev–Trinajstić information content (AvgIpc) is 3.03. The van der Waals surface area contributed by atoms with E-state index in [1.165, 1.54) is 12.8 Å². The fraction of sp³-hybridized carbons (Fsp3) is 0.929. The van der Waals surface area contributed by atoms with Gasteiger partial charge in [-0.3, -0.25) is 9.69 Å². The van der Waals surface area contributed by atoms with Crippen LogP contribution in [0.15, 0.2) is 0 Å². The topological polar surface area (TPSA) is 58.4 Å². The normalized spacial score (nSPS) is 27.6. The van der Waals surface area contributed by atoms with Crippen LogP contribution in [-0.4, -0.2) is 41.5 Å². The lowest BCUT2D eigenvalue weighted by atomic mass is 10.0. The number of hydrogen-bond acceptors (Lipinski definition) is 3. The van der Waals surface area contributed by atoms with Gasteiger partial charge in [0.2, 0.25) is 5.91 Å². The van der Waals surface area contributed by atoms with Gasteiger partial charge in [-0.15, -0.1) is 24.8 Å². The number of carbonyl (C=O) groups excluding carboxylic acids is 1. The van der Waals surface area contributed by atoms with Crippen LogP contribution in [0, 0.1) is 5.92 Å². The largest absolute Gasteiger partial charge is 0.351 e. The first-order valence-corrected chi connectivity index (χ1v) is 7.29. The van der Waals surface area contributed by atoms with Gasteiger partial charge in [-0.1, -0.05) is 13.8 Å². The van der Waals surface area contributed by atoms with Crippen LogP contribution in [0.2, 0.25) is 0 Å². The van der Waals surface area contributed by atoms with E-state index in [4.69, 9.17) is 5.73 Å². The Kier molecular flexibility index (Phi) is 8.41. The molecule has 4 nitrogen and oxygen atoms in total. The van der Waals surface area contributed by atoms with Gasteiger partial charge in [-0.05, 0) is 38.5 Å². The third kappa shape index (κ3) is 5.40. The van der Waals surface area contributed by atoms with Crippen molar-refractivity contribution >= 4 is 30.7 Å². The molecule has 0 radical (unpaired) electrons. The first-order chi connectivity index (χ1) is 8.47. The van der Waals surface area contributed by atoms with Crippen molar-refractivity contribution in [2.75, 3.05) is 6.54 Å². The number of amides is 1. The molecule has 1 heterocycles. The minimum atomic E-state index is -0.352. The number of nitrogens with zero attached hydrogens (tertiary/aromatic N) is 1. The van der Waals surface area contributed by atoms with Crippen molar-refractivity contribution in [3.63, 3.8) is 0 Å². The minimum Gasteiger partial charge on any atom is -0.351 e. The van der Waals surface area contributed by atoms with E-state index in [1.54, 1.807) is 0 Å². The summed E-state index contributed by atoms with van der Waals surface area (Å²) in [6, 6.07) is 1.33. The Morgan fingerprint density at radius 3 is 2.45 bits per heavy atom. The SMILES string of the molecule is CC(C)C[C@H](N)C(=O)NC1CC(C)N(C2CC2)C1.Cl.Cl. The Hall–Kier alpha value is -0.0300. The molecule has 1 amide bonds. The standard InChI is InChI=1S/C14H27N3O.2ClH/c1-9(2)6-13(15)14(18)16-11-7-10(3)17(8-11)12-4-5-12;;/h9-13H,4-8,15H2,1-3H3,(H,16,18);2*1H/t10?,11?,13-;;/m0../s1. The molecule has 3 atom stereocenters. The first kappa shape index (κ1) is 20.0. The summed E-state index contributed by atoms with van der Waals surface area (Å²) < 4.78 is 0. The van der Waals surface area contributed by atoms with E-state index in [0.717, 1.165) is 25.4 Å². The van der Waals surface area contributed by atoms with E-state index in [0.29, 0.717) is 18.0 Å². The minimum absolute atomic E-state index is 0. The van der Waals surface area contributed by atoms with Gasteiger partial charge in [0.15, 0.2) is 0 Å². The Labute approximate surface area is 135 Å². The number of carbonyl (C=O) groups is 1. The maximum Gasteiger partial charge on any atom is 0.237 e. The van der Waals surface area contributed by atoms with E-state index < -0.39 is 0 Å². The summed E-state index contributed by atoms with van der Waals surface area (Å²) in [5.41, 5.74) is 5.91. The number of rotatable bonds is 5. The van der Waals surface area contributed by atoms with Crippen molar-refractivity contribution in [2.45, 2.75) is 70.6 Å². The Morgan fingerprint density at radius 2 is 1.95 bits per heavy atom. The molecule has 1 saturated heterocycles. The Morgan fingerprint density at radius 1 is 1.35 bits per heavy atom. The second-order valence-electron chi connectivity index (χ2n) is 6.45. The number of nitrogens with two attached hydrogens (primary N) is 1. The third-order valence-corrected chi connectivity index (χ3v) is 4.05. The predicted molar refractivity (Wildman–Crippen MR) is 87.7 cm³/mol. The van der Waals surface area contributed by atoms with E-state index in [1.807, 2.05) is 0 Å². The number of nitrogens with one attached hydrogen (secondary N) is 1. The zero-order chi connectivity index (χ0) is 13.3. The molecule has 0 bridgehead atoms. The predicted octanol–water partition coefficient (Wildman–Crippen LogP) is 1.94. The molecule has 3 N–H and O–H groups in total. The molecule has 2 unspecified atom stereocenters. The number of hydrogen-bond donors (Lipinski definition) is 2. The summed E-state index contributed by atoms with van der Waals surface area (Å²) >= 11 is 0. The van der Waals surface area contributed by atoms with Crippen molar-refractivity contribution < 1.29 is 4.79 Å². The lowest BCUT2D eigenvalue weighted by Gasteiger charge is -2.20. The third-order valence-electron chi connectivity index (χ3n) is 4.05. The van der Waals surface area contributed by atoms with Crippen LogP contribution < -0.4 is 11.1 Å². The second kappa shape index (κ2) is 8.42. The molecule has 2 aliphatic rings. The van der Waals surface area contributed by atoms with Gasteiger partial charge in [0.1, 0.15) is 0 Å². The smallest absolute Gasteiger partial charge is 0.237 e. The second-order valence-corrected chi connectivity index (χ2v) is 6.45. The van der Waals surface area contributed by atoms with Crippen molar-refractivity contribution in [2.24, 2.45) is 11.7 Å². The van der Waals surface area contributed by atoms with Gasteiger partial charge in [0.05, 0.1) is 6.04 Å². The molecule has 2 fully saturated rings. The molecule has 2 rings (SSSR count). The fourth-order valence-corrected chi connectivity index (χ4v) is 3.00. The summed E-state index contributed by atoms with van der Waals surface area (Å²) in [6.45, 7) is 7.46. The van der Waals surface area contributed by atoms with Crippen molar-refractivity contribution in [3.8, 4) is 0 Å². The summed E-state index contributed by atoms with van der Waals surface area (Å²) in [7, 11) is 0. The highest BCUT2D eigenvalue weighted by Crippen LogP contribution is 2.33. The molecular formula is C14H29Cl2N3O. The van der Waals surface area contributed by atoms with Crippen LogP contribution >= 0.6 is 24.8 Å². The molecule has 1 aliphatic heterocycles. The van der Waals surface area contributed by atoms with Gasteiger partial charge in [-0.2, -0.15) is 0 Å². The lowest BCUT2D eigenvalue weighted by Crippen LogP contribution is -2.46. The fourth-order valence-electron chi connectivity index (χ4n) is 3.00. The molecule has 0 spiro atoms. The maximum absolute atomic E-state index is 12.0. The van der Waals surface area contributed by atoms with E-state index in [2.05, 4.69) is 31.0 Å². The van der Waals surface area contributed by atoms with Gasteiger partial charge in [0.25, 0.3) is 0 Å². The van der Waals surface area contributed by atoms with Crippen LogP contribution in [-0.2, 0) is 4.79 Å². The van der Waals surface area contributed by atoms with E-state index in [-0.39, 0.29) is 36.8 Å². The van der Waals surface area contributed by atoms with Gasteiger partial charge in [0, 0.05) is 24.7 Å². The monoisotopic (exact) mass is 325 g/mol. The van der Waals surface area contributed by atoms with E-state index in [9.17, 15) is 4.79 Å². The summed E-state index contributed by atoms with van der Waals surface area (Å²) in [6.07, 6.45) is 4.49. The molecule has 0 aromatic rings. The summed E-state index contributed by atoms with van der Waals surface area (Å²) in [4.78, 5) is 14.5. The van der Waals surface area contributed by atoms with Crippen molar-refractivity contribution in [3.05, 3.63) is 0 Å². The van der Waals surface area contributed by atoms with Crippen LogP contribution in [0.3, 0.4) is 0 Å². The van der Waals surface area contributed by atoms with Crippen LogP contribution in [0.25, 0.3) is 0 Å². The molecule has 6 heteroatoms. The van der Waals surface area contributed by atoms with Crippen molar-refractivity contribution in [1.82, 2.24) is 10.2 Å². The highest BCUT2D eigenvalue weighted by atomic mass is 35.5. The highest BCUT2D eigenvalue weighted by molar-refractivity contribution is 5.85. The van der Waals surface area contributed by atoms with Gasteiger partial charge in [-0.25, -0.2) is 0 Å². The highest BCUT2D eigenvalue weighted by Gasteiger charge is 2.39. The average molecular weight is 326 g/mol. The molecule has 20 heavy (non-hydrogen) atoms. The summed E-state index contributed by atoms with van der Waals surface area (Å²) in [5, 5.41) is 3.12. The zero-order valence-electron chi connectivity index (χ0n) is 12.7. The first-order valence-electron chi connectivity index (χ1n) is 7.29. The molecular weight excluding hydrogens is 297 g/mol. The quantitative estimate of drug-likeness (QED) is 0.812.